The molecule has 1 amide bonds. The van der Waals surface area contributed by atoms with Crippen molar-refractivity contribution in [1.82, 2.24) is 0 Å². The lowest BCUT2D eigenvalue weighted by molar-refractivity contribution is -0.157. The number of ether oxygens (including phenoxy) is 2. The average Bonchev–Trinajstić information content (AvgIpc) is 2.82. The lowest BCUT2D eigenvalue weighted by atomic mass is 10.1. The SMILES string of the molecule is Cc1cccc(C(=O)O[C@H](C(=O)O)[C@@H](OC(=O)c2cccc(C)c2)C(=O)Nc2ccccc2Br)c1. The maximum atomic E-state index is 13.2. The second-order valence-electron chi connectivity index (χ2n) is 7.70. The summed E-state index contributed by atoms with van der Waals surface area (Å²) in [5, 5.41) is 12.4. The summed E-state index contributed by atoms with van der Waals surface area (Å²) in [7, 11) is 0. The maximum absolute atomic E-state index is 13.2. The van der Waals surface area contributed by atoms with Gasteiger partial charge < -0.3 is 19.9 Å². The minimum Gasteiger partial charge on any atom is -0.478 e. The van der Waals surface area contributed by atoms with Crippen LogP contribution in [-0.2, 0) is 19.1 Å². The second-order valence-corrected chi connectivity index (χ2v) is 8.55. The van der Waals surface area contributed by atoms with Gasteiger partial charge >= 0.3 is 17.9 Å². The van der Waals surface area contributed by atoms with Crippen LogP contribution in [0.25, 0.3) is 0 Å². The van der Waals surface area contributed by atoms with Gasteiger partial charge in [-0.15, -0.1) is 0 Å². The van der Waals surface area contributed by atoms with Crippen molar-refractivity contribution in [3.8, 4) is 0 Å². The summed E-state index contributed by atoms with van der Waals surface area (Å²) in [5.41, 5.74) is 2.02. The Morgan fingerprint density at radius 1 is 0.771 bits per heavy atom. The molecule has 0 aliphatic rings. The van der Waals surface area contributed by atoms with Crippen LogP contribution < -0.4 is 5.32 Å². The molecule has 3 rings (SSSR count). The van der Waals surface area contributed by atoms with E-state index in [1.165, 1.54) is 24.3 Å². The quantitative estimate of drug-likeness (QED) is 0.403. The van der Waals surface area contributed by atoms with Gasteiger partial charge in [-0.2, -0.15) is 0 Å². The molecule has 0 radical (unpaired) electrons. The molecule has 0 fully saturated rings. The van der Waals surface area contributed by atoms with Crippen molar-refractivity contribution in [2.45, 2.75) is 26.1 Å². The fraction of sp³-hybridized carbons (Fsp3) is 0.154. The molecule has 0 bridgehead atoms. The zero-order valence-corrected chi connectivity index (χ0v) is 20.4. The van der Waals surface area contributed by atoms with E-state index in [4.69, 9.17) is 9.47 Å². The van der Waals surface area contributed by atoms with Crippen LogP contribution in [0.2, 0.25) is 0 Å². The first kappa shape index (κ1) is 25.6. The fourth-order valence-electron chi connectivity index (χ4n) is 3.17. The summed E-state index contributed by atoms with van der Waals surface area (Å²) in [5.74, 6) is -4.57. The number of rotatable bonds is 8. The van der Waals surface area contributed by atoms with E-state index in [-0.39, 0.29) is 11.1 Å². The van der Waals surface area contributed by atoms with Crippen molar-refractivity contribution in [1.29, 1.82) is 0 Å². The van der Waals surface area contributed by atoms with Crippen molar-refractivity contribution < 1.29 is 33.8 Å². The van der Waals surface area contributed by atoms with Crippen LogP contribution in [-0.4, -0.2) is 41.1 Å². The average molecular weight is 540 g/mol. The smallest absolute Gasteiger partial charge is 0.349 e. The van der Waals surface area contributed by atoms with Gasteiger partial charge in [0.2, 0.25) is 12.2 Å². The molecule has 2 atom stereocenters. The van der Waals surface area contributed by atoms with E-state index in [0.717, 1.165) is 11.1 Å². The Morgan fingerprint density at radius 2 is 1.29 bits per heavy atom. The number of esters is 2. The molecule has 180 valence electrons. The molecule has 0 saturated heterocycles. The van der Waals surface area contributed by atoms with Gasteiger partial charge in [0, 0.05) is 4.47 Å². The Bertz CT molecular complexity index is 1270. The third kappa shape index (κ3) is 6.77. The van der Waals surface area contributed by atoms with Crippen LogP contribution in [0, 0.1) is 13.8 Å². The topological polar surface area (TPSA) is 119 Å². The molecule has 0 aliphatic carbocycles. The van der Waals surface area contributed by atoms with Crippen LogP contribution in [0.4, 0.5) is 5.69 Å². The van der Waals surface area contributed by atoms with Gasteiger partial charge in [-0.05, 0) is 66.2 Å². The number of halogens is 1. The molecule has 0 aromatic heterocycles. The number of carboxylic acids is 1. The Hall–Kier alpha value is -3.98. The predicted molar refractivity (Wildman–Crippen MR) is 131 cm³/mol. The minimum absolute atomic E-state index is 0.0891. The predicted octanol–water partition coefficient (Wildman–Crippen LogP) is 4.54. The number of anilines is 1. The number of amides is 1. The summed E-state index contributed by atoms with van der Waals surface area (Å²) in [6.45, 7) is 3.51. The highest BCUT2D eigenvalue weighted by Crippen LogP contribution is 2.23. The molecule has 8 nitrogen and oxygen atoms in total. The molecule has 0 heterocycles. The number of carbonyl (C=O) groups is 4. The highest BCUT2D eigenvalue weighted by Gasteiger charge is 2.41. The summed E-state index contributed by atoms with van der Waals surface area (Å²) in [6, 6.07) is 19.3. The number of hydrogen-bond donors (Lipinski definition) is 2. The molecule has 0 saturated carbocycles. The zero-order valence-electron chi connectivity index (χ0n) is 18.9. The number of hydrogen-bond acceptors (Lipinski definition) is 6. The lowest BCUT2D eigenvalue weighted by Crippen LogP contribution is -2.48. The van der Waals surface area contributed by atoms with E-state index >= 15 is 0 Å². The van der Waals surface area contributed by atoms with Crippen LogP contribution in [0.3, 0.4) is 0 Å². The van der Waals surface area contributed by atoms with E-state index < -0.39 is 36.0 Å². The molecule has 35 heavy (non-hydrogen) atoms. The van der Waals surface area contributed by atoms with Crippen LogP contribution in [0.1, 0.15) is 31.8 Å². The monoisotopic (exact) mass is 539 g/mol. The number of para-hydroxylation sites is 1. The Labute approximate surface area is 210 Å². The number of carboxylic acid groups (broad SMARTS) is 1. The molecule has 3 aromatic rings. The van der Waals surface area contributed by atoms with E-state index in [1.54, 1.807) is 62.4 Å². The second kappa shape index (κ2) is 11.4. The summed E-state index contributed by atoms with van der Waals surface area (Å²) in [4.78, 5) is 50.8. The van der Waals surface area contributed by atoms with Crippen molar-refractivity contribution >= 4 is 45.4 Å². The molecule has 0 aliphatic heterocycles. The number of aryl methyl sites for hydroxylation is 2. The van der Waals surface area contributed by atoms with Gasteiger partial charge in [0.05, 0.1) is 16.8 Å². The maximum Gasteiger partial charge on any atom is 0.349 e. The molecule has 0 unspecified atom stereocenters. The minimum atomic E-state index is -2.11. The molecular formula is C26H22BrNO7. The highest BCUT2D eigenvalue weighted by molar-refractivity contribution is 9.10. The van der Waals surface area contributed by atoms with Gasteiger partial charge in [-0.25, -0.2) is 14.4 Å². The molecular weight excluding hydrogens is 518 g/mol. The first-order valence-electron chi connectivity index (χ1n) is 10.5. The molecule has 2 N–H and O–H groups in total. The zero-order chi connectivity index (χ0) is 25.5. The fourth-order valence-corrected chi connectivity index (χ4v) is 3.56. The number of benzene rings is 3. The normalized spacial score (nSPS) is 12.2. The van der Waals surface area contributed by atoms with Crippen molar-refractivity contribution in [3.63, 3.8) is 0 Å². The largest absolute Gasteiger partial charge is 0.478 e. The number of carbonyl (C=O) groups excluding carboxylic acids is 3. The van der Waals surface area contributed by atoms with Crippen LogP contribution >= 0.6 is 15.9 Å². The Morgan fingerprint density at radius 3 is 1.77 bits per heavy atom. The van der Waals surface area contributed by atoms with Crippen LogP contribution in [0.15, 0.2) is 77.3 Å². The molecule has 9 heteroatoms. The number of nitrogens with one attached hydrogen (secondary N) is 1. The van der Waals surface area contributed by atoms with Crippen molar-refractivity contribution in [2.75, 3.05) is 5.32 Å². The van der Waals surface area contributed by atoms with Crippen molar-refractivity contribution in [2.24, 2.45) is 0 Å². The third-order valence-corrected chi connectivity index (χ3v) is 5.58. The Balaban J connectivity index is 1.93. The first-order chi connectivity index (χ1) is 16.7. The van der Waals surface area contributed by atoms with Gasteiger partial charge in [0.1, 0.15) is 0 Å². The molecule has 0 spiro atoms. The van der Waals surface area contributed by atoms with Crippen LogP contribution in [0.5, 0.6) is 0 Å². The van der Waals surface area contributed by atoms with E-state index in [1.807, 2.05) is 0 Å². The van der Waals surface area contributed by atoms with E-state index in [0.29, 0.717) is 10.2 Å². The van der Waals surface area contributed by atoms with Gasteiger partial charge in [0.15, 0.2) is 0 Å². The van der Waals surface area contributed by atoms with Crippen molar-refractivity contribution in [3.05, 3.63) is 99.5 Å². The third-order valence-electron chi connectivity index (χ3n) is 4.88. The van der Waals surface area contributed by atoms with Gasteiger partial charge in [0.25, 0.3) is 5.91 Å². The number of aliphatic carboxylic acids is 1. The van der Waals surface area contributed by atoms with E-state index in [2.05, 4.69) is 21.2 Å². The van der Waals surface area contributed by atoms with Gasteiger partial charge in [-0.1, -0.05) is 47.5 Å². The summed E-state index contributed by atoms with van der Waals surface area (Å²) >= 11 is 3.29. The van der Waals surface area contributed by atoms with Gasteiger partial charge in [-0.3, -0.25) is 4.79 Å². The standard InChI is InChI=1S/C26H22BrNO7/c1-15-7-5-9-17(13-15)25(32)34-21(23(29)28-20-12-4-3-11-19(20)27)22(24(30)31)35-26(33)18-10-6-8-16(2)14-18/h3-14,21-22H,1-2H3,(H,28,29)(H,30,31)/t21-,22+/m1/s1. The Kier molecular flexibility index (Phi) is 8.38. The van der Waals surface area contributed by atoms with E-state index in [9.17, 15) is 24.3 Å². The molecule has 3 aromatic carbocycles. The first-order valence-corrected chi connectivity index (χ1v) is 11.3. The summed E-state index contributed by atoms with van der Waals surface area (Å²) in [6.07, 6.45) is -4.10. The highest BCUT2D eigenvalue weighted by atomic mass is 79.9. The lowest BCUT2D eigenvalue weighted by Gasteiger charge is -2.24. The summed E-state index contributed by atoms with van der Waals surface area (Å²) < 4.78 is 11.0.